The van der Waals surface area contributed by atoms with Gasteiger partial charge in [0.15, 0.2) is 0 Å². The first kappa shape index (κ1) is 13.8. The van der Waals surface area contributed by atoms with E-state index in [0.717, 1.165) is 29.8 Å². The Bertz CT molecular complexity index is 627. The number of hydrogen-bond acceptors (Lipinski definition) is 3. The molecule has 1 atom stereocenters. The molecular formula is C17H19N3O. The zero-order chi connectivity index (χ0) is 14.7. The first-order chi connectivity index (χ1) is 10.3. The van der Waals surface area contributed by atoms with Gasteiger partial charge in [-0.15, -0.1) is 0 Å². The number of hydrogen-bond donors (Lipinski definition) is 1. The van der Waals surface area contributed by atoms with Crippen LogP contribution >= 0.6 is 0 Å². The maximum Gasteiger partial charge on any atom is 0.254 e. The molecule has 0 spiro atoms. The lowest BCUT2D eigenvalue weighted by molar-refractivity contribution is 0.0634. The molecule has 2 heterocycles. The summed E-state index contributed by atoms with van der Waals surface area (Å²) in [4.78, 5) is 18.9. The molecule has 0 saturated carbocycles. The van der Waals surface area contributed by atoms with Crippen molar-refractivity contribution >= 4 is 5.91 Å². The van der Waals surface area contributed by atoms with Gasteiger partial charge in [-0.3, -0.25) is 9.78 Å². The summed E-state index contributed by atoms with van der Waals surface area (Å²) in [5.41, 5.74) is 2.94. The summed E-state index contributed by atoms with van der Waals surface area (Å²) in [5, 5.41) is 3.36. The van der Waals surface area contributed by atoms with Crippen molar-refractivity contribution in [1.82, 2.24) is 15.2 Å². The van der Waals surface area contributed by atoms with E-state index in [1.54, 1.807) is 6.20 Å². The van der Waals surface area contributed by atoms with Gasteiger partial charge in [-0.25, -0.2) is 0 Å². The molecule has 1 aromatic carbocycles. The van der Waals surface area contributed by atoms with E-state index in [4.69, 9.17) is 0 Å². The van der Waals surface area contributed by atoms with Crippen molar-refractivity contribution in [1.29, 1.82) is 0 Å². The molecule has 1 fully saturated rings. The molecule has 4 heteroatoms. The minimum atomic E-state index is 0.0421. The highest BCUT2D eigenvalue weighted by Gasteiger charge is 2.28. The van der Waals surface area contributed by atoms with Crippen molar-refractivity contribution in [3.63, 3.8) is 0 Å². The molecule has 0 bridgehead atoms. The zero-order valence-electron chi connectivity index (χ0n) is 12.1. The average molecular weight is 281 g/mol. The van der Waals surface area contributed by atoms with Gasteiger partial charge in [0.2, 0.25) is 0 Å². The Morgan fingerprint density at radius 3 is 3.00 bits per heavy atom. The quantitative estimate of drug-likeness (QED) is 0.917. The van der Waals surface area contributed by atoms with E-state index in [2.05, 4.69) is 10.3 Å². The number of benzene rings is 1. The number of aryl methyl sites for hydroxylation is 1. The van der Waals surface area contributed by atoms with Crippen molar-refractivity contribution in [2.45, 2.75) is 13.0 Å². The van der Waals surface area contributed by atoms with Gasteiger partial charge in [0, 0.05) is 37.6 Å². The second kappa shape index (κ2) is 6.06. The monoisotopic (exact) mass is 281 g/mol. The maximum atomic E-state index is 12.8. The van der Waals surface area contributed by atoms with Crippen LogP contribution in [0.15, 0.2) is 48.8 Å². The average Bonchev–Trinajstić information content (AvgIpc) is 2.55. The van der Waals surface area contributed by atoms with E-state index < -0.39 is 0 Å². The van der Waals surface area contributed by atoms with Gasteiger partial charge in [0.25, 0.3) is 5.91 Å². The van der Waals surface area contributed by atoms with Crippen molar-refractivity contribution in [2.24, 2.45) is 0 Å². The fraction of sp³-hybridized carbons (Fsp3) is 0.294. The number of pyridine rings is 1. The molecular weight excluding hydrogens is 262 g/mol. The third-order valence-corrected chi connectivity index (χ3v) is 3.84. The highest BCUT2D eigenvalue weighted by Crippen LogP contribution is 2.23. The van der Waals surface area contributed by atoms with Crippen LogP contribution < -0.4 is 5.32 Å². The Hall–Kier alpha value is -2.20. The minimum Gasteiger partial charge on any atom is -0.329 e. The number of amides is 1. The summed E-state index contributed by atoms with van der Waals surface area (Å²) in [7, 11) is 0. The molecule has 1 aliphatic rings. The SMILES string of the molecule is Cc1cccc(C(=O)N2CCNCC2c2cccnc2)c1. The molecule has 1 saturated heterocycles. The second-order valence-corrected chi connectivity index (χ2v) is 5.37. The predicted octanol–water partition coefficient (Wildman–Crippen LogP) is 2.18. The number of carbonyl (C=O) groups excluding carboxylic acids is 1. The highest BCUT2D eigenvalue weighted by atomic mass is 16.2. The van der Waals surface area contributed by atoms with Crippen LogP contribution in [0.25, 0.3) is 0 Å². The Labute approximate surface area is 124 Å². The molecule has 1 N–H and O–H groups in total. The molecule has 0 aliphatic carbocycles. The van der Waals surface area contributed by atoms with E-state index >= 15 is 0 Å². The van der Waals surface area contributed by atoms with Crippen LogP contribution in [0.3, 0.4) is 0 Å². The number of carbonyl (C=O) groups is 1. The van der Waals surface area contributed by atoms with Gasteiger partial charge in [0.05, 0.1) is 6.04 Å². The summed E-state index contributed by atoms with van der Waals surface area (Å²) in [6.45, 7) is 4.32. The molecule has 3 rings (SSSR count). The Morgan fingerprint density at radius 2 is 2.24 bits per heavy atom. The van der Waals surface area contributed by atoms with Gasteiger partial charge >= 0.3 is 0 Å². The lowest BCUT2D eigenvalue weighted by Crippen LogP contribution is -2.48. The number of piperazine rings is 1. The lowest BCUT2D eigenvalue weighted by Gasteiger charge is -2.36. The lowest BCUT2D eigenvalue weighted by atomic mass is 10.0. The van der Waals surface area contributed by atoms with Crippen LogP contribution in [0.2, 0.25) is 0 Å². The summed E-state index contributed by atoms with van der Waals surface area (Å²) in [5.74, 6) is 0.0917. The molecule has 1 aliphatic heterocycles. The number of rotatable bonds is 2. The van der Waals surface area contributed by atoms with Gasteiger partial charge in [-0.05, 0) is 30.7 Å². The second-order valence-electron chi connectivity index (χ2n) is 5.37. The van der Waals surface area contributed by atoms with E-state index in [-0.39, 0.29) is 11.9 Å². The van der Waals surface area contributed by atoms with Crippen molar-refractivity contribution < 1.29 is 4.79 Å². The number of nitrogens with zero attached hydrogens (tertiary/aromatic N) is 2. The number of aromatic nitrogens is 1. The van der Waals surface area contributed by atoms with E-state index in [1.165, 1.54) is 0 Å². The number of nitrogens with one attached hydrogen (secondary N) is 1. The molecule has 2 aromatic rings. The van der Waals surface area contributed by atoms with Crippen molar-refractivity contribution in [2.75, 3.05) is 19.6 Å². The van der Waals surface area contributed by atoms with Crippen LogP contribution in [-0.4, -0.2) is 35.4 Å². The first-order valence-corrected chi connectivity index (χ1v) is 7.24. The Balaban J connectivity index is 1.89. The molecule has 4 nitrogen and oxygen atoms in total. The Kier molecular flexibility index (Phi) is 3.97. The molecule has 21 heavy (non-hydrogen) atoms. The zero-order valence-corrected chi connectivity index (χ0v) is 12.1. The molecule has 0 radical (unpaired) electrons. The summed E-state index contributed by atoms with van der Waals surface area (Å²) >= 11 is 0. The minimum absolute atomic E-state index is 0.0421. The van der Waals surface area contributed by atoms with Gasteiger partial charge in [-0.2, -0.15) is 0 Å². The maximum absolute atomic E-state index is 12.8. The fourth-order valence-electron chi connectivity index (χ4n) is 2.76. The van der Waals surface area contributed by atoms with Crippen LogP contribution in [0.5, 0.6) is 0 Å². The van der Waals surface area contributed by atoms with Gasteiger partial charge in [-0.1, -0.05) is 23.8 Å². The Morgan fingerprint density at radius 1 is 1.33 bits per heavy atom. The third-order valence-electron chi connectivity index (χ3n) is 3.84. The molecule has 1 unspecified atom stereocenters. The highest BCUT2D eigenvalue weighted by molar-refractivity contribution is 5.94. The van der Waals surface area contributed by atoms with Crippen molar-refractivity contribution in [3.8, 4) is 0 Å². The van der Waals surface area contributed by atoms with Crippen LogP contribution in [-0.2, 0) is 0 Å². The van der Waals surface area contributed by atoms with E-state index in [1.807, 2.05) is 54.4 Å². The van der Waals surface area contributed by atoms with E-state index in [9.17, 15) is 4.79 Å². The smallest absolute Gasteiger partial charge is 0.254 e. The normalized spacial score (nSPS) is 18.5. The van der Waals surface area contributed by atoms with Crippen molar-refractivity contribution in [3.05, 3.63) is 65.5 Å². The fourth-order valence-corrected chi connectivity index (χ4v) is 2.76. The topological polar surface area (TPSA) is 45.2 Å². The molecule has 108 valence electrons. The largest absolute Gasteiger partial charge is 0.329 e. The third kappa shape index (κ3) is 2.95. The predicted molar refractivity (Wildman–Crippen MR) is 82.1 cm³/mol. The van der Waals surface area contributed by atoms with Gasteiger partial charge in [0.1, 0.15) is 0 Å². The standard InChI is InChI=1S/C17H19N3O/c1-13-4-2-5-14(10-13)17(21)20-9-8-19-12-16(20)15-6-3-7-18-11-15/h2-7,10-11,16,19H,8-9,12H2,1H3. The molecule has 1 amide bonds. The summed E-state index contributed by atoms with van der Waals surface area (Å²) < 4.78 is 0. The summed E-state index contributed by atoms with van der Waals surface area (Å²) in [6.07, 6.45) is 3.60. The first-order valence-electron chi connectivity index (χ1n) is 7.24. The summed E-state index contributed by atoms with van der Waals surface area (Å²) in [6, 6.07) is 11.8. The van der Waals surface area contributed by atoms with Gasteiger partial charge < -0.3 is 10.2 Å². The van der Waals surface area contributed by atoms with Crippen LogP contribution in [0.4, 0.5) is 0 Å². The van der Waals surface area contributed by atoms with Crippen LogP contribution in [0.1, 0.15) is 27.5 Å². The van der Waals surface area contributed by atoms with Crippen LogP contribution in [0, 0.1) is 6.92 Å². The molecule has 1 aromatic heterocycles. The van der Waals surface area contributed by atoms with E-state index in [0.29, 0.717) is 6.54 Å².